The molecular formula is C18H26N4O2. The first kappa shape index (κ1) is 16.0. The lowest BCUT2D eigenvalue weighted by molar-refractivity contribution is -0.0883. The number of nitrogens with zero attached hydrogens (tertiary/aromatic N) is 3. The molecule has 2 fully saturated rings. The Bertz CT molecular complexity index is 650. The molecule has 2 atom stereocenters. The van der Waals surface area contributed by atoms with Crippen LogP contribution in [0.15, 0.2) is 12.3 Å². The van der Waals surface area contributed by atoms with Crippen molar-refractivity contribution in [2.45, 2.75) is 56.7 Å². The fraction of sp³-hybridized carbons (Fsp3) is 0.667. The molecule has 1 aliphatic carbocycles. The summed E-state index contributed by atoms with van der Waals surface area (Å²) in [5.41, 5.74) is 4.71. The van der Waals surface area contributed by atoms with Crippen molar-refractivity contribution in [3.63, 3.8) is 0 Å². The van der Waals surface area contributed by atoms with Crippen molar-refractivity contribution in [3.05, 3.63) is 29.1 Å². The van der Waals surface area contributed by atoms with E-state index in [4.69, 9.17) is 5.21 Å². The van der Waals surface area contributed by atoms with Gasteiger partial charge in [0.1, 0.15) is 0 Å². The lowest BCUT2D eigenvalue weighted by Crippen LogP contribution is -2.69. The summed E-state index contributed by atoms with van der Waals surface area (Å²) in [4.78, 5) is 21.3. The summed E-state index contributed by atoms with van der Waals surface area (Å²) in [7, 11) is 2.29. The van der Waals surface area contributed by atoms with E-state index in [0.717, 1.165) is 30.8 Å². The Labute approximate surface area is 142 Å². The van der Waals surface area contributed by atoms with Crippen LogP contribution in [0.25, 0.3) is 0 Å². The van der Waals surface area contributed by atoms with E-state index in [1.54, 1.807) is 11.7 Å². The number of hydrogen-bond donors (Lipinski definition) is 2. The zero-order valence-electron chi connectivity index (χ0n) is 14.3. The van der Waals surface area contributed by atoms with Crippen LogP contribution in [0.3, 0.4) is 0 Å². The van der Waals surface area contributed by atoms with Crippen molar-refractivity contribution in [1.82, 2.24) is 20.3 Å². The first-order chi connectivity index (χ1) is 11.6. The number of likely N-dealkylation sites (tertiary alicyclic amines) is 1. The fourth-order valence-electron chi connectivity index (χ4n) is 4.95. The van der Waals surface area contributed by atoms with Crippen LogP contribution >= 0.6 is 0 Å². The third-order valence-corrected chi connectivity index (χ3v) is 6.47. The first-order valence-electron chi connectivity index (χ1n) is 9.01. The van der Waals surface area contributed by atoms with Gasteiger partial charge in [-0.15, -0.1) is 0 Å². The highest BCUT2D eigenvalue weighted by atomic mass is 16.5. The van der Waals surface area contributed by atoms with Crippen LogP contribution in [0.2, 0.25) is 0 Å². The predicted molar refractivity (Wildman–Crippen MR) is 89.8 cm³/mol. The van der Waals surface area contributed by atoms with Crippen LogP contribution in [-0.2, 0) is 13.0 Å². The molecule has 6 nitrogen and oxygen atoms in total. The number of aromatic nitrogens is 1. The third kappa shape index (κ3) is 2.44. The third-order valence-electron chi connectivity index (χ3n) is 6.47. The van der Waals surface area contributed by atoms with Gasteiger partial charge in [0, 0.05) is 30.9 Å². The van der Waals surface area contributed by atoms with E-state index in [1.807, 2.05) is 6.07 Å². The number of hydroxylamine groups is 1. The van der Waals surface area contributed by atoms with Crippen LogP contribution in [0.4, 0.5) is 0 Å². The van der Waals surface area contributed by atoms with Crippen LogP contribution in [0.1, 0.15) is 53.7 Å². The maximum atomic E-state index is 11.5. The Morgan fingerprint density at radius 3 is 2.96 bits per heavy atom. The maximum Gasteiger partial charge on any atom is 0.276 e. The number of piperidine rings is 1. The number of pyridine rings is 1. The highest BCUT2D eigenvalue weighted by Crippen LogP contribution is 2.47. The van der Waals surface area contributed by atoms with E-state index in [2.05, 4.69) is 21.8 Å². The standard InChI is InChI=1S/C18H26N4O2/c1-21-8-3-2-6-18(21)7-4-16(18)22-9-5-13-10-14(17(23)20-24)11-19-15(13)12-22/h10-11,16,24H,2-9,12H2,1H3,(H,20,23)/t16-,18-/m1/s1. The topological polar surface area (TPSA) is 68.7 Å². The number of amides is 1. The molecule has 0 bridgehead atoms. The van der Waals surface area contributed by atoms with E-state index >= 15 is 0 Å². The van der Waals surface area contributed by atoms with Gasteiger partial charge >= 0.3 is 0 Å². The summed E-state index contributed by atoms with van der Waals surface area (Å²) < 4.78 is 0. The molecule has 1 amide bonds. The summed E-state index contributed by atoms with van der Waals surface area (Å²) in [5, 5.41) is 8.77. The molecule has 1 aromatic rings. The second-order valence-corrected chi connectivity index (χ2v) is 7.53. The maximum absolute atomic E-state index is 11.5. The predicted octanol–water partition coefficient (Wildman–Crippen LogP) is 1.58. The molecule has 2 N–H and O–H groups in total. The molecule has 1 spiro atoms. The molecule has 3 aliphatic rings. The van der Waals surface area contributed by atoms with Crippen LogP contribution in [0, 0.1) is 0 Å². The molecule has 0 unspecified atom stereocenters. The average molecular weight is 330 g/mol. The van der Waals surface area contributed by atoms with Gasteiger partial charge in [0.15, 0.2) is 0 Å². The second-order valence-electron chi connectivity index (χ2n) is 7.53. The van der Waals surface area contributed by atoms with Gasteiger partial charge in [-0.25, -0.2) is 5.48 Å². The van der Waals surface area contributed by atoms with Gasteiger partial charge in [-0.3, -0.25) is 24.8 Å². The number of carbonyl (C=O) groups excluding carboxylic acids is 1. The van der Waals surface area contributed by atoms with Crippen molar-refractivity contribution < 1.29 is 10.0 Å². The summed E-state index contributed by atoms with van der Waals surface area (Å²) in [6, 6.07) is 2.51. The molecule has 0 aromatic carbocycles. The lowest BCUT2D eigenvalue weighted by Gasteiger charge is -2.61. The van der Waals surface area contributed by atoms with E-state index in [1.165, 1.54) is 38.6 Å². The van der Waals surface area contributed by atoms with Crippen molar-refractivity contribution in [3.8, 4) is 0 Å². The van der Waals surface area contributed by atoms with E-state index in [-0.39, 0.29) is 0 Å². The van der Waals surface area contributed by atoms with Crippen molar-refractivity contribution >= 4 is 5.91 Å². The molecule has 1 saturated heterocycles. The number of rotatable bonds is 2. The van der Waals surface area contributed by atoms with Gasteiger partial charge in [0.05, 0.1) is 11.3 Å². The molecule has 1 saturated carbocycles. The first-order valence-corrected chi connectivity index (χ1v) is 9.01. The largest absolute Gasteiger partial charge is 0.299 e. The molecule has 2 aliphatic heterocycles. The zero-order chi connectivity index (χ0) is 16.7. The highest BCUT2D eigenvalue weighted by Gasteiger charge is 2.52. The number of nitrogens with one attached hydrogen (secondary N) is 1. The summed E-state index contributed by atoms with van der Waals surface area (Å²) in [5.74, 6) is -0.491. The summed E-state index contributed by atoms with van der Waals surface area (Å²) in [6.07, 6.45) is 9.09. The quantitative estimate of drug-likeness (QED) is 0.636. The molecule has 3 heterocycles. The second kappa shape index (κ2) is 6.10. The smallest absolute Gasteiger partial charge is 0.276 e. The molecule has 24 heavy (non-hydrogen) atoms. The average Bonchev–Trinajstić information content (AvgIpc) is 2.60. The molecular weight excluding hydrogens is 304 g/mol. The number of carbonyl (C=O) groups is 1. The Morgan fingerprint density at radius 2 is 2.25 bits per heavy atom. The van der Waals surface area contributed by atoms with Crippen LogP contribution in [0.5, 0.6) is 0 Å². The molecule has 130 valence electrons. The Balaban J connectivity index is 1.51. The van der Waals surface area contributed by atoms with Gasteiger partial charge < -0.3 is 0 Å². The van der Waals surface area contributed by atoms with E-state index < -0.39 is 5.91 Å². The molecule has 4 rings (SSSR count). The van der Waals surface area contributed by atoms with Crippen molar-refractivity contribution in [2.75, 3.05) is 20.1 Å². The van der Waals surface area contributed by atoms with E-state index in [9.17, 15) is 4.79 Å². The van der Waals surface area contributed by atoms with Gasteiger partial charge in [-0.1, -0.05) is 6.42 Å². The number of fused-ring (bicyclic) bond motifs is 1. The Kier molecular flexibility index (Phi) is 4.06. The minimum Gasteiger partial charge on any atom is -0.299 e. The normalized spacial score (nSPS) is 30.7. The molecule has 1 aromatic heterocycles. The highest BCUT2D eigenvalue weighted by molar-refractivity contribution is 5.93. The fourth-order valence-corrected chi connectivity index (χ4v) is 4.95. The number of likely N-dealkylation sites (N-methyl/N-ethyl adjacent to an activating group) is 1. The zero-order valence-corrected chi connectivity index (χ0v) is 14.3. The van der Waals surface area contributed by atoms with Crippen molar-refractivity contribution in [1.29, 1.82) is 0 Å². The van der Waals surface area contributed by atoms with Gasteiger partial charge in [0.2, 0.25) is 0 Å². The Morgan fingerprint density at radius 1 is 1.38 bits per heavy atom. The molecule has 6 heteroatoms. The minimum absolute atomic E-state index is 0.381. The lowest BCUT2D eigenvalue weighted by atomic mass is 9.65. The monoisotopic (exact) mass is 330 g/mol. The van der Waals surface area contributed by atoms with Gasteiger partial charge in [-0.2, -0.15) is 0 Å². The van der Waals surface area contributed by atoms with Crippen LogP contribution < -0.4 is 5.48 Å². The summed E-state index contributed by atoms with van der Waals surface area (Å²) >= 11 is 0. The minimum atomic E-state index is -0.491. The van der Waals surface area contributed by atoms with E-state index in [0.29, 0.717) is 17.1 Å². The Hall–Kier alpha value is -1.50. The van der Waals surface area contributed by atoms with Crippen molar-refractivity contribution in [2.24, 2.45) is 0 Å². The van der Waals surface area contributed by atoms with Crippen LogP contribution in [-0.4, -0.2) is 57.6 Å². The summed E-state index contributed by atoms with van der Waals surface area (Å²) in [6.45, 7) is 3.12. The van der Waals surface area contributed by atoms with Gasteiger partial charge in [0.25, 0.3) is 5.91 Å². The SMILES string of the molecule is CN1CCCC[C@]12CC[C@H]2N1CCc2cc(C(=O)NO)cnc2C1. The number of hydrogen-bond acceptors (Lipinski definition) is 5. The van der Waals surface area contributed by atoms with Gasteiger partial charge in [-0.05, 0) is 57.3 Å². The molecule has 0 radical (unpaired) electrons.